The first-order chi connectivity index (χ1) is 36.6. The fraction of sp³-hybridized carbons (Fsp3) is 0.565. The summed E-state index contributed by atoms with van der Waals surface area (Å²) >= 11 is 0. The fourth-order valence-electron chi connectivity index (χ4n) is 7.39. The maximum Gasteiger partial charge on any atom is 0.306 e. The van der Waals surface area contributed by atoms with Crippen LogP contribution in [0.25, 0.3) is 0 Å². The number of hydrogen-bond donors (Lipinski definition) is 0. The van der Waals surface area contributed by atoms with Crippen molar-refractivity contribution in [3.63, 3.8) is 0 Å². The van der Waals surface area contributed by atoms with Gasteiger partial charge in [0, 0.05) is 19.4 Å². The van der Waals surface area contributed by atoms with Crippen molar-refractivity contribution in [3.8, 4) is 0 Å². The molecule has 0 fully saturated rings. The highest BCUT2D eigenvalue weighted by Gasteiger charge is 2.17. The number of esters is 2. The number of rotatable bonds is 52. The average molecular weight is 1020 g/mol. The normalized spacial score (nSPS) is 13.5. The molecule has 1 unspecified atom stereocenters. The van der Waals surface area contributed by atoms with Crippen LogP contribution in [0, 0.1) is 0 Å². The van der Waals surface area contributed by atoms with Crippen LogP contribution in [0.15, 0.2) is 170 Å². The van der Waals surface area contributed by atoms with E-state index in [9.17, 15) is 9.59 Å². The van der Waals surface area contributed by atoms with Gasteiger partial charge in [0.25, 0.3) is 0 Å². The Morgan fingerprint density at radius 2 is 0.635 bits per heavy atom. The number of hydrogen-bond acceptors (Lipinski definition) is 5. The lowest BCUT2D eigenvalue weighted by Crippen LogP contribution is -2.30. The lowest BCUT2D eigenvalue weighted by Gasteiger charge is -2.18. The van der Waals surface area contributed by atoms with Crippen molar-refractivity contribution >= 4 is 11.9 Å². The summed E-state index contributed by atoms with van der Waals surface area (Å²) in [6.45, 7) is 7.40. The molecule has 0 aromatic heterocycles. The first-order valence-corrected chi connectivity index (χ1v) is 29.7. The lowest BCUT2D eigenvalue weighted by molar-refractivity contribution is -0.162. The molecule has 0 aliphatic heterocycles. The van der Waals surface area contributed by atoms with Crippen molar-refractivity contribution in [2.75, 3.05) is 19.8 Å². The van der Waals surface area contributed by atoms with E-state index in [0.29, 0.717) is 19.4 Å². The lowest BCUT2D eigenvalue weighted by atomic mass is 10.1. The minimum absolute atomic E-state index is 0.0167. The maximum atomic E-state index is 12.9. The first-order valence-electron chi connectivity index (χ1n) is 29.7. The van der Waals surface area contributed by atoms with Gasteiger partial charge in [0.05, 0.1) is 6.61 Å². The highest BCUT2D eigenvalue weighted by molar-refractivity contribution is 5.70. The van der Waals surface area contributed by atoms with Crippen LogP contribution < -0.4 is 0 Å². The monoisotopic (exact) mass is 1020 g/mol. The van der Waals surface area contributed by atoms with E-state index in [1.54, 1.807) is 0 Å². The zero-order valence-electron chi connectivity index (χ0n) is 47.5. The smallest absolute Gasteiger partial charge is 0.306 e. The molecule has 0 bridgehead atoms. The highest BCUT2D eigenvalue weighted by atomic mass is 16.6. The van der Waals surface area contributed by atoms with Gasteiger partial charge < -0.3 is 14.2 Å². The maximum absolute atomic E-state index is 12.9. The van der Waals surface area contributed by atoms with Gasteiger partial charge in [-0.05, 0) is 141 Å². The van der Waals surface area contributed by atoms with Crippen molar-refractivity contribution in [1.29, 1.82) is 0 Å². The van der Waals surface area contributed by atoms with Crippen molar-refractivity contribution < 1.29 is 23.8 Å². The van der Waals surface area contributed by atoms with Crippen LogP contribution in [-0.2, 0) is 23.8 Å². The van der Waals surface area contributed by atoms with Crippen molar-refractivity contribution in [1.82, 2.24) is 0 Å². The summed E-state index contributed by atoms with van der Waals surface area (Å²) in [4.78, 5) is 25.5. The molecule has 0 radical (unpaired) electrons. The molecule has 5 heteroatoms. The minimum Gasteiger partial charge on any atom is -0.462 e. The standard InChI is InChI=1S/C69H108O5/c1-4-7-10-13-16-19-22-25-28-31-34-37-40-43-46-49-52-55-58-61-64-72-65-67(74-69(71)63-60-57-54-51-48-45-42-39-36-33-30-27-24-21-18-15-12-9-6-3)66-73-68(70)62-59-56-53-50-47-44-41-38-35-32-29-26-23-20-17-14-11-8-5-2/h7-8,10-11,16-21,25-30,34-39,43-44,46-47,53,56,67H,4-6,9,12-15,22-24,31-33,40-42,45,48-52,54-55,57-66H2,1-3H3/b10-7-,11-8-,19-16-,20-17-,21-18-,28-25-,29-26-,30-27-,37-34-,38-35-,39-36-,46-43-,47-44-,56-53-. The van der Waals surface area contributed by atoms with Gasteiger partial charge in [0.2, 0.25) is 0 Å². The predicted molar refractivity (Wildman–Crippen MR) is 324 cm³/mol. The van der Waals surface area contributed by atoms with Crippen LogP contribution in [0.2, 0.25) is 0 Å². The van der Waals surface area contributed by atoms with Crippen molar-refractivity contribution in [2.45, 2.75) is 232 Å². The van der Waals surface area contributed by atoms with E-state index in [4.69, 9.17) is 14.2 Å². The summed E-state index contributed by atoms with van der Waals surface area (Å²) in [5.74, 6) is -0.535. The Morgan fingerprint density at radius 1 is 0.311 bits per heavy atom. The molecule has 0 saturated heterocycles. The third-order valence-electron chi connectivity index (χ3n) is 11.7. The second-order valence-electron chi connectivity index (χ2n) is 18.8. The molecule has 5 nitrogen and oxygen atoms in total. The van der Waals surface area contributed by atoms with Gasteiger partial charge in [-0.15, -0.1) is 0 Å². The molecule has 0 heterocycles. The number of carbonyl (C=O) groups is 2. The topological polar surface area (TPSA) is 61.8 Å². The van der Waals surface area contributed by atoms with Gasteiger partial charge in [0.15, 0.2) is 6.10 Å². The number of carbonyl (C=O) groups excluding carboxylic acids is 2. The van der Waals surface area contributed by atoms with Gasteiger partial charge >= 0.3 is 11.9 Å². The summed E-state index contributed by atoms with van der Waals surface area (Å²) in [5, 5.41) is 0. The van der Waals surface area contributed by atoms with Crippen LogP contribution >= 0.6 is 0 Å². The molecule has 0 aromatic carbocycles. The quantitative estimate of drug-likeness (QED) is 0.0345. The summed E-state index contributed by atoms with van der Waals surface area (Å²) in [5.41, 5.74) is 0. The summed E-state index contributed by atoms with van der Waals surface area (Å²) in [6.07, 6.45) is 93.9. The number of ether oxygens (including phenoxy) is 3. The molecule has 0 aliphatic carbocycles. The van der Waals surface area contributed by atoms with E-state index in [2.05, 4.69) is 185 Å². The Kier molecular flexibility index (Phi) is 58.5. The summed E-state index contributed by atoms with van der Waals surface area (Å²) < 4.78 is 17.4. The fourth-order valence-corrected chi connectivity index (χ4v) is 7.39. The van der Waals surface area contributed by atoms with E-state index in [0.717, 1.165) is 141 Å². The Labute approximate surface area is 456 Å². The molecular weight excluding hydrogens is 909 g/mol. The molecule has 74 heavy (non-hydrogen) atoms. The van der Waals surface area contributed by atoms with Gasteiger partial charge in [-0.3, -0.25) is 9.59 Å². The Bertz CT molecular complexity index is 1670. The van der Waals surface area contributed by atoms with Gasteiger partial charge in [0.1, 0.15) is 6.61 Å². The average Bonchev–Trinajstić information content (AvgIpc) is 3.40. The summed E-state index contributed by atoms with van der Waals surface area (Å²) in [7, 11) is 0. The SMILES string of the molecule is CC/C=C\C/C=C\C/C=C\C/C=C\C/C=C\C/C=C\CCC(=O)OCC(COCCCCCC/C=C\C/C=C\C/C=C\C/C=C\C/C=C\CC)OC(=O)CCCCCCCC/C=C\C/C=C\C/C=C\CCCCC. The minimum atomic E-state index is -0.603. The molecule has 0 N–H and O–H groups in total. The molecular formula is C69H108O5. The summed E-state index contributed by atoms with van der Waals surface area (Å²) in [6, 6.07) is 0. The molecule has 0 amide bonds. The van der Waals surface area contributed by atoms with E-state index < -0.39 is 6.10 Å². The third-order valence-corrected chi connectivity index (χ3v) is 11.7. The largest absolute Gasteiger partial charge is 0.462 e. The Morgan fingerprint density at radius 3 is 1.03 bits per heavy atom. The van der Waals surface area contributed by atoms with Crippen LogP contribution in [0.5, 0.6) is 0 Å². The molecule has 0 saturated carbocycles. The van der Waals surface area contributed by atoms with Crippen molar-refractivity contribution in [3.05, 3.63) is 170 Å². The molecule has 0 aliphatic rings. The van der Waals surface area contributed by atoms with E-state index >= 15 is 0 Å². The van der Waals surface area contributed by atoms with Crippen LogP contribution in [0.3, 0.4) is 0 Å². The first kappa shape index (κ1) is 69.3. The van der Waals surface area contributed by atoms with Gasteiger partial charge in [-0.25, -0.2) is 0 Å². The second-order valence-corrected chi connectivity index (χ2v) is 18.8. The third kappa shape index (κ3) is 59.8. The molecule has 0 spiro atoms. The molecule has 0 rings (SSSR count). The molecule has 414 valence electrons. The van der Waals surface area contributed by atoms with Crippen LogP contribution in [0.4, 0.5) is 0 Å². The number of allylic oxidation sites excluding steroid dienone is 28. The van der Waals surface area contributed by atoms with E-state index in [1.807, 2.05) is 6.08 Å². The van der Waals surface area contributed by atoms with E-state index in [-0.39, 0.29) is 31.6 Å². The highest BCUT2D eigenvalue weighted by Crippen LogP contribution is 2.12. The Hall–Kier alpha value is -4.74. The molecule has 1 atom stereocenters. The van der Waals surface area contributed by atoms with E-state index in [1.165, 1.54) is 44.9 Å². The van der Waals surface area contributed by atoms with Gasteiger partial charge in [-0.2, -0.15) is 0 Å². The van der Waals surface area contributed by atoms with Crippen LogP contribution in [0.1, 0.15) is 226 Å². The van der Waals surface area contributed by atoms with Crippen LogP contribution in [-0.4, -0.2) is 37.9 Å². The van der Waals surface area contributed by atoms with Gasteiger partial charge in [-0.1, -0.05) is 242 Å². The zero-order valence-corrected chi connectivity index (χ0v) is 47.5. The predicted octanol–water partition coefficient (Wildman–Crippen LogP) is 20.8. The Balaban J connectivity index is 4.52. The van der Waals surface area contributed by atoms with Crippen molar-refractivity contribution in [2.24, 2.45) is 0 Å². The second kappa shape index (κ2) is 62.6. The number of unbranched alkanes of at least 4 members (excludes halogenated alkanes) is 13. The zero-order chi connectivity index (χ0) is 53.4. The molecule has 0 aromatic rings.